The number of benzene rings is 1. The third-order valence-corrected chi connectivity index (χ3v) is 4.50. The first-order valence-corrected chi connectivity index (χ1v) is 8.60. The van der Waals surface area contributed by atoms with Crippen LogP contribution in [-0.2, 0) is 20.7 Å². The third kappa shape index (κ3) is 5.30. The van der Waals surface area contributed by atoms with E-state index in [1.165, 1.54) is 5.56 Å². The van der Waals surface area contributed by atoms with Crippen molar-refractivity contribution in [1.82, 2.24) is 4.90 Å². The molecule has 2 saturated heterocycles. The number of carbonyl (C=O) groups excluding carboxylic acids is 1. The average Bonchev–Trinajstić information content (AvgIpc) is 3.08. The van der Waals surface area contributed by atoms with Crippen LogP contribution in [0.2, 0.25) is 0 Å². The van der Waals surface area contributed by atoms with Gasteiger partial charge in [0, 0.05) is 31.9 Å². The van der Waals surface area contributed by atoms with E-state index in [4.69, 9.17) is 9.47 Å². The standard InChI is InChI=1S/C18H26N2O3/c21-18(14-17-2-1-11-23-17)19-16-5-3-15(4-6-16)7-8-20-9-12-22-13-10-20/h3-6,17H,1-2,7-14H2,(H,19,21)/t17-/m1/s1. The minimum atomic E-state index is 0.0398. The topological polar surface area (TPSA) is 50.8 Å². The molecule has 23 heavy (non-hydrogen) atoms. The summed E-state index contributed by atoms with van der Waals surface area (Å²) in [6.07, 6.45) is 3.65. The highest BCUT2D eigenvalue weighted by atomic mass is 16.5. The summed E-state index contributed by atoms with van der Waals surface area (Å²) in [7, 11) is 0. The minimum Gasteiger partial charge on any atom is -0.379 e. The fourth-order valence-electron chi connectivity index (χ4n) is 3.09. The van der Waals surface area contributed by atoms with E-state index in [0.29, 0.717) is 6.42 Å². The number of nitrogens with zero attached hydrogens (tertiary/aromatic N) is 1. The van der Waals surface area contributed by atoms with Gasteiger partial charge in [-0.2, -0.15) is 0 Å². The Kier molecular flexibility index (Phi) is 6.02. The SMILES string of the molecule is O=C(C[C@H]1CCCO1)Nc1ccc(CCN2CCOCC2)cc1. The van der Waals surface area contributed by atoms with Crippen molar-refractivity contribution in [2.75, 3.05) is 44.8 Å². The van der Waals surface area contributed by atoms with Crippen molar-refractivity contribution in [1.29, 1.82) is 0 Å². The van der Waals surface area contributed by atoms with Crippen molar-refractivity contribution in [2.45, 2.75) is 31.8 Å². The number of carbonyl (C=O) groups is 1. The van der Waals surface area contributed by atoms with Gasteiger partial charge < -0.3 is 14.8 Å². The lowest BCUT2D eigenvalue weighted by atomic mass is 10.1. The molecule has 0 saturated carbocycles. The first kappa shape index (κ1) is 16.4. The molecule has 126 valence electrons. The predicted molar refractivity (Wildman–Crippen MR) is 89.6 cm³/mol. The summed E-state index contributed by atoms with van der Waals surface area (Å²) < 4.78 is 10.9. The van der Waals surface area contributed by atoms with Crippen molar-refractivity contribution in [3.8, 4) is 0 Å². The van der Waals surface area contributed by atoms with Crippen LogP contribution in [-0.4, -0.2) is 56.4 Å². The number of morpholine rings is 1. The second-order valence-electron chi connectivity index (χ2n) is 6.29. The van der Waals surface area contributed by atoms with Gasteiger partial charge in [0.05, 0.1) is 25.7 Å². The summed E-state index contributed by atoms with van der Waals surface area (Å²) in [5.41, 5.74) is 2.16. The lowest BCUT2D eigenvalue weighted by molar-refractivity contribution is -0.118. The molecule has 0 radical (unpaired) electrons. The Hall–Kier alpha value is -1.43. The van der Waals surface area contributed by atoms with Crippen molar-refractivity contribution in [3.05, 3.63) is 29.8 Å². The molecule has 5 nitrogen and oxygen atoms in total. The molecule has 0 spiro atoms. The van der Waals surface area contributed by atoms with Gasteiger partial charge in [0.2, 0.25) is 5.91 Å². The van der Waals surface area contributed by atoms with Crippen molar-refractivity contribution < 1.29 is 14.3 Å². The second kappa shape index (κ2) is 8.43. The number of hydrogen-bond acceptors (Lipinski definition) is 4. The zero-order valence-electron chi connectivity index (χ0n) is 13.6. The zero-order chi connectivity index (χ0) is 15.9. The largest absolute Gasteiger partial charge is 0.379 e. The zero-order valence-corrected chi connectivity index (χ0v) is 13.6. The minimum absolute atomic E-state index is 0.0398. The lowest BCUT2D eigenvalue weighted by Crippen LogP contribution is -2.37. The molecule has 1 amide bonds. The number of anilines is 1. The van der Waals surface area contributed by atoms with E-state index in [0.717, 1.165) is 64.4 Å². The molecule has 1 N–H and O–H groups in total. The van der Waals surface area contributed by atoms with Crippen molar-refractivity contribution in [3.63, 3.8) is 0 Å². The van der Waals surface area contributed by atoms with Gasteiger partial charge in [0.25, 0.3) is 0 Å². The molecule has 1 atom stereocenters. The Labute approximate surface area is 137 Å². The highest BCUT2D eigenvalue weighted by Gasteiger charge is 2.19. The Balaban J connectivity index is 1.41. The highest BCUT2D eigenvalue weighted by molar-refractivity contribution is 5.91. The van der Waals surface area contributed by atoms with E-state index in [9.17, 15) is 4.79 Å². The van der Waals surface area contributed by atoms with Crippen LogP contribution < -0.4 is 5.32 Å². The molecule has 3 rings (SSSR count). The van der Waals surface area contributed by atoms with Crippen molar-refractivity contribution >= 4 is 11.6 Å². The average molecular weight is 318 g/mol. The fraction of sp³-hybridized carbons (Fsp3) is 0.611. The van der Waals surface area contributed by atoms with Gasteiger partial charge in [0.1, 0.15) is 0 Å². The normalized spacial score (nSPS) is 22.2. The summed E-state index contributed by atoms with van der Waals surface area (Å²) in [6.45, 7) is 5.59. The maximum Gasteiger partial charge on any atom is 0.226 e. The smallest absolute Gasteiger partial charge is 0.226 e. The van der Waals surface area contributed by atoms with E-state index in [1.54, 1.807) is 0 Å². The maximum absolute atomic E-state index is 12.0. The summed E-state index contributed by atoms with van der Waals surface area (Å²) in [6, 6.07) is 8.17. The molecule has 5 heteroatoms. The van der Waals surface area contributed by atoms with E-state index in [2.05, 4.69) is 22.3 Å². The summed E-state index contributed by atoms with van der Waals surface area (Å²) >= 11 is 0. The number of hydrogen-bond donors (Lipinski definition) is 1. The molecule has 0 bridgehead atoms. The third-order valence-electron chi connectivity index (χ3n) is 4.50. The fourth-order valence-corrected chi connectivity index (χ4v) is 3.09. The molecule has 2 fully saturated rings. The van der Waals surface area contributed by atoms with Crippen molar-refractivity contribution in [2.24, 2.45) is 0 Å². The highest BCUT2D eigenvalue weighted by Crippen LogP contribution is 2.17. The van der Waals surface area contributed by atoms with Gasteiger partial charge >= 0.3 is 0 Å². The number of nitrogens with one attached hydrogen (secondary N) is 1. The van der Waals surface area contributed by atoms with Crippen LogP contribution in [0.1, 0.15) is 24.8 Å². The molecule has 0 aliphatic carbocycles. The van der Waals surface area contributed by atoms with Gasteiger partial charge in [-0.25, -0.2) is 0 Å². The quantitative estimate of drug-likeness (QED) is 0.872. The van der Waals surface area contributed by atoms with E-state index < -0.39 is 0 Å². The first-order chi connectivity index (χ1) is 11.3. The van der Waals surface area contributed by atoms with E-state index >= 15 is 0 Å². The molecule has 2 heterocycles. The Morgan fingerprint density at radius 1 is 1.17 bits per heavy atom. The second-order valence-corrected chi connectivity index (χ2v) is 6.29. The molecular formula is C18H26N2O3. The van der Waals surface area contributed by atoms with Gasteiger partial charge in [-0.3, -0.25) is 9.69 Å². The molecule has 1 aromatic rings. The van der Waals surface area contributed by atoms with Gasteiger partial charge in [-0.1, -0.05) is 12.1 Å². The van der Waals surface area contributed by atoms with E-state index in [-0.39, 0.29) is 12.0 Å². The Bertz CT molecular complexity index is 491. The lowest BCUT2D eigenvalue weighted by Gasteiger charge is -2.26. The Morgan fingerprint density at radius 3 is 2.65 bits per heavy atom. The molecule has 2 aliphatic rings. The molecular weight excluding hydrogens is 292 g/mol. The summed E-state index contributed by atoms with van der Waals surface area (Å²) in [4.78, 5) is 14.4. The van der Waals surface area contributed by atoms with Crippen LogP contribution in [0.5, 0.6) is 0 Å². The number of amides is 1. The summed E-state index contributed by atoms with van der Waals surface area (Å²) in [5.74, 6) is 0.0398. The monoisotopic (exact) mass is 318 g/mol. The van der Waals surface area contributed by atoms with Crippen LogP contribution in [0, 0.1) is 0 Å². The first-order valence-electron chi connectivity index (χ1n) is 8.60. The van der Waals surface area contributed by atoms with Crippen LogP contribution >= 0.6 is 0 Å². The van der Waals surface area contributed by atoms with Crippen LogP contribution in [0.3, 0.4) is 0 Å². The molecule has 0 aromatic heterocycles. The van der Waals surface area contributed by atoms with Crippen LogP contribution in [0.15, 0.2) is 24.3 Å². The number of ether oxygens (including phenoxy) is 2. The van der Waals surface area contributed by atoms with E-state index in [1.807, 2.05) is 12.1 Å². The van der Waals surface area contributed by atoms with Crippen LogP contribution in [0.25, 0.3) is 0 Å². The molecule has 2 aliphatic heterocycles. The molecule has 0 unspecified atom stereocenters. The molecule has 1 aromatic carbocycles. The van der Waals surface area contributed by atoms with Gasteiger partial charge in [-0.05, 0) is 37.0 Å². The Morgan fingerprint density at radius 2 is 1.96 bits per heavy atom. The predicted octanol–water partition coefficient (Wildman–Crippen LogP) is 2.07. The maximum atomic E-state index is 12.0. The number of rotatable bonds is 6. The van der Waals surface area contributed by atoms with Gasteiger partial charge in [0.15, 0.2) is 0 Å². The summed E-state index contributed by atoms with van der Waals surface area (Å²) in [5, 5.41) is 2.96. The van der Waals surface area contributed by atoms with Gasteiger partial charge in [-0.15, -0.1) is 0 Å². The van der Waals surface area contributed by atoms with Crippen LogP contribution in [0.4, 0.5) is 5.69 Å².